The standard InChI is InChI=1S/C26H40O7/c1-6-7-8-11-17(2)14-15-20(27)19(4)25(30)24-21(28)16-22(33-26(24)31)18(3)12-9-10-13-23(29)32-5/h10,13,16-20,27-28H,6-9,11-12,14-15H2,1-5H3/b13-10+. The van der Waals surface area contributed by atoms with Gasteiger partial charge in [0, 0.05) is 24.0 Å². The molecule has 0 amide bonds. The Labute approximate surface area is 196 Å². The number of aliphatic hydroxyl groups excluding tert-OH is 1. The van der Waals surface area contributed by atoms with Crippen molar-refractivity contribution in [3.05, 3.63) is 40.0 Å². The molecular weight excluding hydrogens is 424 g/mol. The third kappa shape index (κ3) is 9.54. The third-order valence-corrected chi connectivity index (χ3v) is 6.15. The van der Waals surface area contributed by atoms with Crippen LogP contribution in [-0.4, -0.2) is 35.2 Å². The van der Waals surface area contributed by atoms with Crippen molar-refractivity contribution in [2.45, 2.75) is 91.1 Å². The van der Waals surface area contributed by atoms with Crippen LogP contribution in [0, 0.1) is 11.8 Å². The molecule has 1 aromatic rings. The Balaban J connectivity index is 2.76. The zero-order valence-electron chi connectivity index (χ0n) is 20.6. The summed E-state index contributed by atoms with van der Waals surface area (Å²) >= 11 is 0. The lowest BCUT2D eigenvalue weighted by molar-refractivity contribution is -0.134. The Morgan fingerprint density at radius 3 is 2.42 bits per heavy atom. The molecule has 1 aromatic heterocycles. The average Bonchev–Trinajstić information content (AvgIpc) is 2.78. The molecule has 0 spiro atoms. The Morgan fingerprint density at radius 2 is 1.82 bits per heavy atom. The number of aromatic hydroxyl groups is 1. The van der Waals surface area contributed by atoms with Crippen LogP contribution in [0.5, 0.6) is 5.75 Å². The molecule has 0 aliphatic heterocycles. The normalized spacial score (nSPS) is 15.2. The van der Waals surface area contributed by atoms with Gasteiger partial charge >= 0.3 is 11.6 Å². The fraction of sp³-hybridized carbons (Fsp3) is 0.654. The van der Waals surface area contributed by atoms with E-state index in [2.05, 4.69) is 18.6 Å². The van der Waals surface area contributed by atoms with Crippen molar-refractivity contribution in [3.63, 3.8) is 0 Å². The minimum atomic E-state index is -0.904. The van der Waals surface area contributed by atoms with Gasteiger partial charge in [-0.1, -0.05) is 59.5 Å². The summed E-state index contributed by atoms with van der Waals surface area (Å²) < 4.78 is 9.84. The maximum absolute atomic E-state index is 12.8. The van der Waals surface area contributed by atoms with Gasteiger partial charge in [0.1, 0.15) is 17.1 Å². The molecular formula is C26H40O7. The molecule has 0 fully saturated rings. The fourth-order valence-corrected chi connectivity index (χ4v) is 3.70. The number of ether oxygens (including phenoxy) is 1. The average molecular weight is 465 g/mol. The number of hydrogen-bond acceptors (Lipinski definition) is 7. The summed E-state index contributed by atoms with van der Waals surface area (Å²) in [5.74, 6) is -1.83. The number of Topliss-reactive ketones (excluding diaryl/α,β-unsaturated/α-hetero) is 1. The number of allylic oxidation sites excluding steroid dienone is 1. The van der Waals surface area contributed by atoms with Gasteiger partial charge in [-0.25, -0.2) is 9.59 Å². The lowest BCUT2D eigenvalue weighted by atomic mass is 9.89. The van der Waals surface area contributed by atoms with Gasteiger partial charge in [0.05, 0.1) is 13.2 Å². The highest BCUT2D eigenvalue weighted by molar-refractivity contribution is 5.99. The van der Waals surface area contributed by atoms with E-state index in [1.54, 1.807) is 13.0 Å². The summed E-state index contributed by atoms with van der Waals surface area (Å²) in [6.45, 7) is 7.68. The number of carbonyl (C=O) groups is 2. The van der Waals surface area contributed by atoms with E-state index in [0.29, 0.717) is 25.2 Å². The van der Waals surface area contributed by atoms with Gasteiger partial charge in [0.2, 0.25) is 0 Å². The Kier molecular flexibility index (Phi) is 12.7. The Morgan fingerprint density at radius 1 is 1.12 bits per heavy atom. The Bertz CT molecular complexity index is 840. The maximum atomic E-state index is 12.8. The minimum absolute atomic E-state index is 0.216. The molecule has 0 saturated heterocycles. The van der Waals surface area contributed by atoms with E-state index in [9.17, 15) is 24.6 Å². The molecule has 0 saturated carbocycles. The predicted molar refractivity (Wildman–Crippen MR) is 127 cm³/mol. The number of carbonyl (C=O) groups excluding carboxylic acids is 2. The van der Waals surface area contributed by atoms with E-state index in [-0.39, 0.29) is 11.7 Å². The minimum Gasteiger partial charge on any atom is -0.507 e. The van der Waals surface area contributed by atoms with E-state index in [0.717, 1.165) is 25.7 Å². The molecule has 0 bridgehead atoms. The van der Waals surface area contributed by atoms with Gasteiger partial charge in [-0.15, -0.1) is 0 Å². The van der Waals surface area contributed by atoms with Gasteiger partial charge in [-0.05, 0) is 31.6 Å². The fourth-order valence-electron chi connectivity index (χ4n) is 3.70. The molecule has 186 valence electrons. The maximum Gasteiger partial charge on any atom is 0.350 e. The third-order valence-electron chi connectivity index (χ3n) is 6.15. The number of unbranched alkanes of at least 4 members (excludes halogenated alkanes) is 2. The predicted octanol–water partition coefficient (Wildman–Crippen LogP) is 5.13. The zero-order valence-corrected chi connectivity index (χ0v) is 20.6. The van der Waals surface area contributed by atoms with Crippen LogP contribution in [0.3, 0.4) is 0 Å². The molecule has 1 heterocycles. The molecule has 7 heteroatoms. The van der Waals surface area contributed by atoms with E-state index in [1.807, 2.05) is 6.92 Å². The number of ketones is 1. The van der Waals surface area contributed by atoms with Gasteiger partial charge in [-0.2, -0.15) is 0 Å². The second-order valence-corrected chi connectivity index (χ2v) is 9.00. The van der Waals surface area contributed by atoms with Gasteiger partial charge < -0.3 is 19.4 Å². The van der Waals surface area contributed by atoms with Crippen LogP contribution < -0.4 is 5.63 Å². The molecule has 0 aromatic carbocycles. The second-order valence-electron chi connectivity index (χ2n) is 9.00. The van der Waals surface area contributed by atoms with Crippen LogP contribution in [0.2, 0.25) is 0 Å². The van der Waals surface area contributed by atoms with Crippen LogP contribution in [-0.2, 0) is 9.53 Å². The molecule has 1 rings (SSSR count). The molecule has 33 heavy (non-hydrogen) atoms. The van der Waals surface area contributed by atoms with Gasteiger partial charge in [0.15, 0.2) is 5.78 Å². The molecule has 0 aliphatic rings. The summed E-state index contributed by atoms with van der Waals surface area (Å²) in [6.07, 6.45) is 9.04. The highest BCUT2D eigenvalue weighted by Crippen LogP contribution is 2.27. The first-order valence-corrected chi connectivity index (χ1v) is 12.0. The second kappa shape index (κ2) is 14.7. The molecule has 0 radical (unpaired) electrons. The van der Waals surface area contributed by atoms with Crippen molar-refractivity contribution in [2.75, 3.05) is 7.11 Å². The first-order valence-electron chi connectivity index (χ1n) is 12.0. The van der Waals surface area contributed by atoms with Crippen LogP contribution in [0.1, 0.15) is 101 Å². The summed E-state index contributed by atoms with van der Waals surface area (Å²) in [6, 6.07) is 1.29. The van der Waals surface area contributed by atoms with E-state index >= 15 is 0 Å². The number of rotatable bonds is 15. The monoisotopic (exact) mass is 464 g/mol. The molecule has 2 N–H and O–H groups in total. The number of aliphatic hydroxyl groups is 1. The van der Waals surface area contributed by atoms with Crippen molar-refractivity contribution < 1.29 is 29.0 Å². The van der Waals surface area contributed by atoms with Crippen molar-refractivity contribution in [3.8, 4) is 5.75 Å². The topological polar surface area (TPSA) is 114 Å². The first-order chi connectivity index (χ1) is 15.6. The highest BCUT2D eigenvalue weighted by atomic mass is 16.5. The van der Waals surface area contributed by atoms with Crippen LogP contribution in [0.4, 0.5) is 0 Å². The summed E-state index contributed by atoms with van der Waals surface area (Å²) in [4.78, 5) is 36.4. The summed E-state index contributed by atoms with van der Waals surface area (Å²) in [7, 11) is 1.30. The van der Waals surface area contributed by atoms with Crippen LogP contribution in [0.15, 0.2) is 27.4 Å². The Hall–Kier alpha value is -2.41. The lowest BCUT2D eigenvalue weighted by Gasteiger charge is -2.20. The number of hydrogen-bond donors (Lipinski definition) is 2. The molecule has 7 nitrogen and oxygen atoms in total. The largest absolute Gasteiger partial charge is 0.507 e. The van der Waals surface area contributed by atoms with Crippen LogP contribution >= 0.6 is 0 Å². The first kappa shape index (κ1) is 28.6. The summed E-state index contributed by atoms with van der Waals surface area (Å²) in [5.41, 5.74) is -1.32. The van der Waals surface area contributed by atoms with Gasteiger partial charge in [-0.3, -0.25) is 4.79 Å². The van der Waals surface area contributed by atoms with Crippen LogP contribution in [0.25, 0.3) is 0 Å². The summed E-state index contributed by atoms with van der Waals surface area (Å²) in [5, 5.41) is 20.9. The highest BCUT2D eigenvalue weighted by Gasteiger charge is 2.29. The lowest BCUT2D eigenvalue weighted by Crippen LogP contribution is -2.29. The van der Waals surface area contributed by atoms with E-state index in [1.165, 1.54) is 25.7 Å². The quantitative estimate of drug-likeness (QED) is 0.160. The van der Waals surface area contributed by atoms with E-state index in [4.69, 9.17) is 4.42 Å². The smallest absolute Gasteiger partial charge is 0.350 e. The van der Waals surface area contributed by atoms with Crippen molar-refractivity contribution in [1.29, 1.82) is 0 Å². The number of esters is 1. The molecule has 0 aliphatic carbocycles. The SMILES string of the molecule is CCCCCC(C)CCC(O)C(C)C(=O)c1c(O)cc(C(C)CC/C=C/C(=O)OC)oc1=O. The van der Waals surface area contributed by atoms with Gasteiger partial charge in [0.25, 0.3) is 0 Å². The van der Waals surface area contributed by atoms with E-state index < -0.39 is 40.7 Å². The molecule has 4 unspecified atom stereocenters. The zero-order chi connectivity index (χ0) is 25.0. The van der Waals surface area contributed by atoms with Crippen molar-refractivity contribution in [2.24, 2.45) is 11.8 Å². The van der Waals surface area contributed by atoms with Crippen molar-refractivity contribution >= 4 is 11.8 Å². The molecule has 4 atom stereocenters. The van der Waals surface area contributed by atoms with Crippen molar-refractivity contribution in [1.82, 2.24) is 0 Å². The number of methoxy groups -OCH3 is 1.